The minimum absolute atomic E-state index is 0.0827. The molecule has 0 atom stereocenters. The van der Waals surface area contributed by atoms with Crippen LogP contribution in [0.4, 0.5) is 0 Å². The Balaban J connectivity index is 1.22. The second-order valence-electron chi connectivity index (χ2n) is 9.27. The van der Waals surface area contributed by atoms with Crippen molar-refractivity contribution < 1.29 is 4.79 Å². The van der Waals surface area contributed by atoms with Crippen molar-refractivity contribution in [2.24, 2.45) is 24.8 Å². The highest BCUT2D eigenvalue weighted by Gasteiger charge is 2.51. The maximum atomic E-state index is 12.7. The van der Waals surface area contributed by atoms with Crippen LogP contribution in [0, 0.1) is 24.7 Å². The number of benzene rings is 1. The van der Waals surface area contributed by atoms with Gasteiger partial charge in [-0.1, -0.05) is 41.6 Å². The van der Waals surface area contributed by atoms with E-state index in [9.17, 15) is 4.79 Å². The standard InChI is InChI=1S/C22H28N4OS/c1-14-3-5-18(6-4-14)20-24-25-21(26(20)2)28-13-19(27)23-22-10-15-7-16(11-22)9-17(8-15)12-22/h3-6,15-17H,7-13H2,1-2H3,(H,23,27). The van der Waals surface area contributed by atoms with Gasteiger partial charge in [-0.2, -0.15) is 0 Å². The largest absolute Gasteiger partial charge is 0.350 e. The fourth-order valence-electron chi connectivity index (χ4n) is 6.12. The second kappa shape index (κ2) is 6.90. The molecule has 4 aliphatic rings. The van der Waals surface area contributed by atoms with E-state index >= 15 is 0 Å². The van der Waals surface area contributed by atoms with Crippen LogP contribution < -0.4 is 5.32 Å². The number of carbonyl (C=O) groups excluding carboxylic acids is 1. The molecule has 0 radical (unpaired) electrons. The van der Waals surface area contributed by atoms with E-state index in [1.165, 1.54) is 55.9 Å². The maximum Gasteiger partial charge on any atom is 0.230 e. The molecule has 4 bridgehead atoms. The smallest absolute Gasteiger partial charge is 0.230 e. The molecule has 0 aliphatic heterocycles. The number of carbonyl (C=O) groups is 1. The number of rotatable bonds is 5. The van der Waals surface area contributed by atoms with Crippen LogP contribution in [0.3, 0.4) is 0 Å². The maximum absolute atomic E-state index is 12.7. The van der Waals surface area contributed by atoms with Crippen LogP contribution in [-0.2, 0) is 11.8 Å². The van der Waals surface area contributed by atoms with Gasteiger partial charge in [0.1, 0.15) is 0 Å². The molecular formula is C22H28N4OS. The van der Waals surface area contributed by atoms with Crippen molar-refractivity contribution >= 4 is 17.7 Å². The zero-order valence-corrected chi connectivity index (χ0v) is 17.5. The molecular weight excluding hydrogens is 368 g/mol. The van der Waals surface area contributed by atoms with E-state index in [-0.39, 0.29) is 11.4 Å². The van der Waals surface area contributed by atoms with Gasteiger partial charge in [-0.05, 0) is 63.2 Å². The Morgan fingerprint density at radius 1 is 1.11 bits per heavy atom. The van der Waals surface area contributed by atoms with Gasteiger partial charge < -0.3 is 9.88 Å². The van der Waals surface area contributed by atoms with E-state index in [0.717, 1.165) is 34.3 Å². The first-order chi connectivity index (χ1) is 13.5. The lowest BCUT2D eigenvalue weighted by atomic mass is 9.53. The molecule has 0 spiro atoms. The molecule has 0 saturated heterocycles. The number of hydrogen-bond donors (Lipinski definition) is 1. The molecule has 2 aromatic rings. The van der Waals surface area contributed by atoms with E-state index in [2.05, 4.69) is 46.7 Å². The monoisotopic (exact) mass is 396 g/mol. The molecule has 1 aromatic carbocycles. The van der Waals surface area contributed by atoms with Crippen molar-refractivity contribution in [1.29, 1.82) is 0 Å². The SMILES string of the molecule is Cc1ccc(-c2nnc(SCC(=O)NC34CC5CC(CC(C5)C3)C4)n2C)cc1. The topological polar surface area (TPSA) is 59.8 Å². The summed E-state index contributed by atoms with van der Waals surface area (Å²) in [7, 11) is 1.97. The van der Waals surface area contributed by atoms with Crippen LogP contribution in [0.2, 0.25) is 0 Å². The predicted molar refractivity (Wildman–Crippen MR) is 111 cm³/mol. The lowest BCUT2D eigenvalue weighted by molar-refractivity contribution is -0.124. The Labute approximate surface area is 170 Å². The lowest BCUT2D eigenvalue weighted by Crippen LogP contribution is -2.60. The van der Waals surface area contributed by atoms with Gasteiger partial charge in [0.2, 0.25) is 5.91 Å². The summed E-state index contributed by atoms with van der Waals surface area (Å²) in [6.07, 6.45) is 7.75. The van der Waals surface area contributed by atoms with Gasteiger partial charge in [-0.25, -0.2) is 0 Å². The molecule has 4 fully saturated rings. The Hall–Kier alpha value is -1.82. The van der Waals surface area contributed by atoms with E-state index in [0.29, 0.717) is 5.75 Å². The van der Waals surface area contributed by atoms with E-state index < -0.39 is 0 Å². The second-order valence-corrected chi connectivity index (χ2v) is 10.2. The summed E-state index contributed by atoms with van der Waals surface area (Å²) < 4.78 is 1.98. The van der Waals surface area contributed by atoms with Crippen molar-refractivity contribution in [3.8, 4) is 11.4 Å². The van der Waals surface area contributed by atoms with Crippen LogP contribution in [0.5, 0.6) is 0 Å². The molecule has 4 saturated carbocycles. The van der Waals surface area contributed by atoms with Crippen LogP contribution in [0.25, 0.3) is 11.4 Å². The Bertz CT molecular complexity index is 853. The van der Waals surface area contributed by atoms with E-state index in [4.69, 9.17) is 0 Å². The summed E-state index contributed by atoms with van der Waals surface area (Å²) in [5.41, 5.74) is 2.35. The molecule has 5 nitrogen and oxygen atoms in total. The van der Waals surface area contributed by atoms with Gasteiger partial charge in [-0.15, -0.1) is 10.2 Å². The van der Waals surface area contributed by atoms with Crippen LogP contribution in [-0.4, -0.2) is 32.0 Å². The third kappa shape index (κ3) is 3.36. The molecule has 6 heteroatoms. The summed E-state index contributed by atoms with van der Waals surface area (Å²) in [6.45, 7) is 2.07. The van der Waals surface area contributed by atoms with Gasteiger partial charge in [0.15, 0.2) is 11.0 Å². The first kappa shape index (κ1) is 18.2. The van der Waals surface area contributed by atoms with E-state index in [1.807, 2.05) is 11.6 Å². The average Bonchev–Trinajstić information content (AvgIpc) is 3.00. The number of aryl methyl sites for hydroxylation is 1. The van der Waals surface area contributed by atoms with Crippen molar-refractivity contribution in [3.63, 3.8) is 0 Å². The highest BCUT2D eigenvalue weighted by atomic mass is 32.2. The average molecular weight is 397 g/mol. The van der Waals surface area contributed by atoms with Gasteiger partial charge in [0, 0.05) is 18.2 Å². The highest BCUT2D eigenvalue weighted by Crippen LogP contribution is 2.55. The molecule has 1 heterocycles. The van der Waals surface area contributed by atoms with Gasteiger partial charge in [-0.3, -0.25) is 4.79 Å². The number of amides is 1. The van der Waals surface area contributed by atoms with Crippen LogP contribution >= 0.6 is 11.8 Å². The van der Waals surface area contributed by atoms with Crippen LogP contribution in [0.1, 0.15) is 44.1 Å². The van der Waals surface area contributed by atoms with Gasteiger partial charge in [0.05, 0.1) is 5.75 Å². The number of nitrogens with one attached hydrogen (secondary N) is 1. The fourth-order valence-corrected chi connectivity index (χ4v) is 6.83. The zero-order valence-electron chi connectivity index (χ0n) is 16.6. The minimum atomic E-state index is 0.0827. The van der Waals surface area contributed by atoms with Crippen molar-refractivity contribution in [2.45, 2.75) is 56.1 Å². The first-order valence-electron chi connectivity index (χ1n) is 10.4. The lowest BCUT2D eigenvalue weighted by Gasteiger charge is -2.56. The summed E-state index contributed by atoms with van der Waals surface area (Å²) >= 11 is 1.48. The van der Waals surface area contributed by atoms with Gasteiger partial charge in [0.25, 0.3) is 0 Å². The Morgan fingerprint density at radius 2 is 1.71 bits per heavy atom. The van der Waals surface area contributed by atoms with Crippen molar-refractivity contribution in [2.75, 3.05) is 5.75 Å². The molecule has 148 valence electrons. The molecule has 1 amide bonds. The minimum Gasteiger partial charge on any atom is -0.350 e. The highest BCUT2D eigenvalue weighted by molar-refractivity contribution is 7.99. The number of thioether (sulfide) groups is 1. The number of aromatic nitrogens is 3. The zero-order chi connectivity index (χ0) is 19.3. The Kier molecular flexibility index (Phi) is 4.49. The first-order valence-corrected chi connectivity index (χ1v) is 11.4. The third-order valence-electron chi connectivity index (χ3n) is 6.92. The summed E-state index contributed by atoms with van der Waals surface area (Å²) in [5, 5.41) is 12.9. The van der Waals surface area contributed by atoms with Crippen molar-refractivity contribution in [3.05, 3.63) is 29.8 Å². The van der Waals surface area contributed by atoms with E-state index in [1.54, 1.807) is 0 Å². The fraction of sp³-hybridized carbons (Fsp3) is 0.591. The van der Waals surface area contributed by atoms with Gasteiger partial charge >= 0.3 is 0 Å². The number of hydrogen-bond acceptors (Lipinski definition) is 4. The van der Waals surface area contributed by atoms with Crippen molar-refractivity contribution in [1.82, 2.24) is 20.1 Å². The molecule has 6 rings (SSSR count). The predicted octanol–water partition coefficient (Wildman–Crippen LogP) is 3.97. The normalized spacial score (nSPS) is 30.6. The number of nitrogens with zero attached hydrogens (tertiary/aromatic N) is 3. The molecule has 0 unspecified atom stereocenters. The molecule has 4 aliphatic carbocycles. The summed E-state index contributed by atoms with van der Waals surface area (Å²) in [6, 6.07) is 8.28. The molecule has 1 N–H and O–H groups in total. The summed E-state index contributed by atoms with van der Waals surface area (Å²) in [5.74, 6) is 3.91. The quantitative estimate of drug-likeness (QED) is 0.777. The molecule has 1 aromatic heterocycles. The third-order valence-corrected chi connectivity index (χ3v) is 7.94. The van der Waals surface area contributed by atoms with Crippen LogP contribution in [0.15, 0.2) is 29.4 Å². The molecule has 28 heavy (non-hydrogen) atoms. The summed E-state index contributed by atoms with van der Waals surface area (Å²) in [4.78, 5) is 12.7. The Morgan fingerprint density at radius 3 is 2.32 bits per heavy atom.